The number of allylic oxidation sites excluding steroid dienone is 1. The lowest BCUT2D eigenvalue weighted by molar-refractivity contribution is -0.145. The number of hydrogen-bond donors (Lipinski definition) is 2. The second-order valence-electron chi connectivity index (χ2n) is 6.49. The fourth-order valence-corrected chi connectivity index (χ4v) is 3.51. The van der Waals surface area contributed by atoms with E-state index in [0.29, 0.717) is 5.56 Å². The van der Waals surface area contributed by atoms with E-state index in [1.807, 2.05) is 0 Å². The van der Waals surface area contributed by atoms with Crippen LogP contribution in [0, 0.1) is 0 Å². The zero-order valence-corrected chi connectivity index (χ0v) is 15.4. The van der Waals surface area contributed by atoms with Gasteiger partial charge in [-0.1, -0.05) is 18.2 Å². The van der Waals surface area contributed by atoms with Gasteiger partial charge in [0.15, 0.2) is 0 Å². The fraction of sp³-hybridized carbons (Fsp3) is 0.316. The third kappa shape index (κ3) is 2.56. The molecule has 142 valence electrons. The van der Waals surface area contributed by atoms with Gasteiger partial charge in [0.1, 0.15) is 16.7 Å². The van der Waals surface area contributed by atoms with Crippen LogP contribution in [0.25, 0.3) is 0 Å². The molecule has 3 rings (SSSR count). The topological polar surface area (TPSA) is 117 Å². The van der Waals surface area contributed by atoms with Gasteiger partial charge >= 0.3 is 11.9 Å². The number of amides is 1. The van der Waals surface area contributed by atoms with E-state index in [1.165, 1.54) is 7.11 Å². The molecule has 1 amide bonds. The first kappa shape index (κ1) is 18.5. The molecule has 1 spiro atoms. The number of rotatable bonds is 3. The van der Waals surface area contributed by atoms with Crippen LogP contribution in [0.15, 0.2) is 47.0 Å². The molecule has 1 aromatic rings. The summed E-state index contributed by atoms with van der Waals surface area (Å²) in [4.78, 5) is 38.7. The molecule has 1 atom stereocenters. The van der Waals surface area contributed by atoms with Gasteiger partial charge in [0, 0.05) is 11.3 Å². The van der Waals surface area contributed by atoms with E-state index in [-0.39, 0.29) is 28.5 Å². The molecule has 8 nitrogen and oxygen atoms in total. The summed E-state index contributed by atoms with van der Waals surface area (Å²) >= 11 is 0. The number of fused-ring (bicyclic) bond motifs is 2. The number of carbonyl (C=O) groups is 3. The zero-order valence-electron chi connectivity index (χ0n) is 15.4. The van der Waals surface area contributed by atoms with Crippen LogP contribution >= 0.6 is 0 Å². The van der Waals surface area contributed by atoms with E-state index >= 15 is 0 Å². The Balaban J connectivity index is 2.38. The molecular formula is C19H20N2O6. The van der Waals surface area contributed by atoms with Crippen LogP contribution in [0.2, 0.25) is 0 Å². The lowest BCUT2D eigenvalue weighted by Crippen LogP contribution is -2.49. The molecule has 3 N–H and O–H groups in total. The summed E-state index contributed by atoms with van der Waals surface area (Å²) in [5.74, 6) is -2.24. The maximum atomic E-state index is 13.2. The molecule has 2 heterocycles. The number of methoxy groups -OCH3 is 1. The Morgan fingerprint density at radius 3 is 2.48 bits per heavy atom. The van der Waals surface area contributed by atoms with Crippen LogP contribution in [0.5, 0.6) is 5.75 Å². The van der Waals surface area contributed by atoms with Crippen LogP contribution in [0.4, 0.5) is 0 Å². The van der Waals surface area contributed by atoms with Gasteiger partial charge in [-0.2, -0.15) is 0 Å². The van der Waals surface area contributed by atoms with Crippen molar-refractivity contribution in [3.63, 3.8) is 0 Å². The summed E-state index contributed by atoms with van der Waals surface area (Å²) in [5.41, 5.74) is 4.53. The summed E-state index contributed by atoms with van der Waals surface area (Å²) in [6.45, 7) is 4.88. The summed E-state index contributed by atoms with van der Waals surface area (Å²) in [7, 11) is 1.20. The Hall–Kier alpha value is -3.29. The second-order valence-corrected chi connectivity index (χ2v) is 6.49. The number of esters is 2. The van der Waals surface area contributed by atoms with Crippen LogP contribution in [0.1, 0.15) is 26.3 Å². The van der Waals surface area contributed by atoms with Crippen LogP contribution < -0.4 is 15.8 Å². The van der Waals surface area contributed by atoms with E-state index in [9.17, 15) is 14.4 Å². The predicted octanol–water partition coefficient (Wildman–Crippen LogP) is 1.02. The minimum Gasteiger partial charge on any atom is -0.466 e. The number of hydrogen-bond acceptors (Lipinski definition) is 7. The quantitative estimate of drug-likeness (QED) is 0.761. The van der Waals surface area contributed by atoms with Crippen LogP contribution in [-0.4, -0.2) is 31.1 Å². The van der Waals surface area contributed by atoms with Crippen LogP contribution in [-0.2, 0) is 29.3 Å². The lowest BCUT2D eigenvalue weighted by Gasteiger charge is -2.36. The predicted molar refractivity (Wildman–Crippen MR) is 94.0 cm³/mol. The lowest BCUT2D eigenvalue weighted by atomic mass is 9.67. The van der Waals surface area contributed by atoms with Gasteiger partial charge in [-0.25, -0.2) is 9.59 Å². The van der Waals surface area contributed by atoms with Gasteiger partial charge in [0.25, 0.3) is 0 Å². The Kier molecular flexibility index (Phi) is 4.43. The average molecular weight is 372 g/mol. The highest BCUT2D eigenvalue weighted by atomic mass is 16.5. The SMILES string of the molecule is COC(=O)C1=C(C)NC(=O)C12C(C(=O)OC(C)C)=C(N)Oc1ccccc12. The second kappa shape index (κ2) is 6.46. The monoisotopic (exact) mass is 372 g/mol. The van der Waals surface area contributed by atoms with Gasteiger partial charge in [-0.3, -0.25) is 4.79 Å². The van der Waals surface area contributed by atoms with Crippen molar-refractivity contribution in [1.29, 1.82) is 0 Å². The summed E-state index contributed by atoms with van der Waals surface area (Å²) in [6, 6.07) is 6.57. The molecule has 0 radical (unpaired) electrons. The van der Waals surface area contributed by atoms with Crippen molar-refractivity contribution in [1.82, 2.24) is 5.32 Å². The zero-order chi connectivity index (χ0) is 19.9. The third-order valence-corrected chi connectivity index (χ3v) is 4.46. The molecule has 0 aromatic heterocycles. The van der Waals surface area contributed by atoms with Gasteiger partial charge in [0.2, 0.25) is 11.8 Å². The highest BCUT2D eigenvalue weighted by Gasteiger charge is 2.61. The Bertz CT molecular complexity index is 915. The first-order valence-electron chi connectivity index (χ1n) is 8.34. The largest absolute Gasteiger partial charge is 0.466 e. The van der Waals surface area contributed by atoms with Crippen molar-refractivity contribution < 1.29 is 28.6 Å². The van der Waals surface area contributed by atoms with E-state index < -0.39 is 29.4 Å². The number of benzene rings is 1. The van der Waals surface area contributed by atoms with Gasteiger partial charge in [-0.05, 0) is 26.8 Å². The molecule has 2 aliphatic rings. The number of para-hydroxylation sites is 1. The summed E-state index contributed by atoms with van der Waals surface area (Å²) < 4.78 is 15.8. The molecule has 1 aromatic carbocycles. The van der Waals surface area contributed by atoms with Gasteiger partial charge in [-0.15, -0.1) is 0 Å². The summed E-state index contributed by atoms with van der Waals surface area (Å²) in [5, 5.41) is 2.63. The highest BCUT2D eigenvalue weighted by Crippen LogP contribution is 2.51. The molecule has 0 fully saturated rings. The van der Waals surface area contributed by atoms with E-state index in [2.05, 4.69) is 5.32 Å². The normalized spacial score (nSPS) is 21.1. The molecule has 0 saturated heterocycles. The standard InChI is InChI=1S/C19H20N2O6/c1-9(2)26-17(23)14-15(20)27-12-8-6-5-7-11(12)19(14)13(16(22)25-4)10(3)21-18(19)24/h5-9H,20H2,1-4H3,(H,21,24). The fourth-order valence-electron chi connectivity index (χ4n) is 3.51. The van der Waals surface area contributed by atoms with Crippen molar-refractivity contribution in [3.05, 3.63) is 52.6 Å². The molecule has 0 bridgehead atoms. The van der Waals surface area contributed by atoms with E-state index in [0.717, 1.165) is 0 Å². The van der Waals surface area contributed by atoms with E-state index in [1.54, 1.807) is 45.0 Å². The van der Waals surface area contributed by atoms with Crippen molar-refractivity contribution in [3.8, 4) is 5.75 Å². The molecule has 0 saturated carbocycles. The highest BCUT2D eigenvalue weighted by molar-refractivity contribution is 6.17. The minimum atomic E-state index is -1.82. The number of nitrogens with two attached hydrogens (primary N) is 1. The Labute approximate surface area is 155 Å². The molecule has 1 unspecified atom stereocenters. The number of carbonyl (C=O) groups excluding carboxylic acids is 3. The molecular weight excluding hydrogens is 352 g/mol. The van der Waals surface area contributed by atoms with E-state index in [4.69, 9.17) is 19.9 Å². The van der Waals surface area contributed by atoms with Crippen molar-refractivity contribution >= 4 is 17.8 Å². The van der Waals surface area contributed by atoms with Crippen molar-refractivity contribution in [2.45, 2.75) is 32.3 Å². The first-order chi connectivity index (χ1) is 12.7. The molecule has 8 heteroatoms. The maximum Gasteiger partial charge on any atom is 0.341 e. The number of nitrogens with one attached hydrogen (secondary N) is 1. The summed E-state index contributed by atoms with van der Waals surface area (Å²) in [6.07, 6.45) is -0.469. The number of ether oxygens (including phenoxy) is 3. The van der Waals surface area contributed by atoms with Crippen molar-refractivity contribution in [2.24, 2.45) is 5.73 Å². The third-order valence-electron chi connectivity index (χ3n) is 4.46. The molecule has 27 heavy (non-hydrogen) atoms. The molecule has 2 aliphatic heterocycles. The van der Waals surface area contributed by atoms with Gasteiger partial charge < -0.3 is 25.3 Å². The first-order valence-corrected chi connectivity index (χ1v) is 8.34. The van der Waals surface area contributed by atoms with Crippen molar-refractivity contribution in [2.75, 3.05) is 7.11 Å². The average Bonchev–Trinajstić information content (AvgIpc) is 2.84. The van der Waals surface area contributed by atoms with Crippen LogP contribution in [0.3, 0.4) is 0 Å². The maximum absolute atomic E-state index is 13.2. The Morgan fingerprint density at radius 2 is 1.85 bits per heavy atom. The smallest absolute Gasteiger partial charge is 0.341 e. The molecule has 0 aliphatic carbocycles. The minimum absolute atomic E-state index is 0.0237. The Morgan fingerprint density at radius 1 is 1.19 bits per heavy atom. The van der Waals surface area contributed by atoms with Gasteiger partial charge in [0.05, 0.1) is 18.8 Å².